The second-order valence-electron chi connectivity index (χ2n) is 5.48. The monoisotopic (exact) mass is 412 g/mol. The van der Waals surface area contributed by atoms with Crippen LogP contribution in [0.15, 0.2) is 70.2 Å². The predicted molar refractivity (Wildman–Crippen MR) is 106 cm³/mol. The van der Waals surface area contributed by atoms with Gasteiger partial charge in [-0.2, -0.15) is 5.10 Å². The van der Waals surface area contributed by atoms with Gasteiger partial charge >= 0.3 is 0 Å². The molecule has 1 amide bonds. The highest BCUT2D eigenvalue weighted by Crippen LogP contribution is 2.28. The maximum atomic E-state index is 11.9. The molecule has 5 nitrogen and oxygen atoms in total. The van der Waals surface area contributed by atoms with Crippen molar-refractivity contribution in [3.05, 3.63) is 70.7 Å². The van der Waals surface area contributed by atoms with Gasteiger partial charge in [0.1, 0.15) is 11.5 Å². The van der Waals surface area contributed by atoms with Crippen molar-refractivity contribution >= 4 is 38.8 Å². The number of hydrogen-bond acceptors (Lipinski definition) is 4. The molecule has 0 spiro atoms. The van der Waals surface area contributed by atoms with Gasteiger partial charge in [-0.25, -0.2) is 5.43 Å². The molecule has 0 unspecified atom stereocenters. The number of carbonyl (C=O) groups excluding carboxylic acids is 1. The topological polar surface area (TPSA) is 59.9 Å². The molecule has 0 aliphatic rings. The Bertz CT molecular complexity index is 957. The summed E-state index contributed by atoms with van der Waals surface area (Å²) >= 11 is 3.37. The maximum Gasteiger partial charge on any atom is 0.277 e. The van der Waals surface area contributed by atoms with Crippen molar-refractivity contribution in [1.29, 1.82) is 0 Å². The van der Waals surface area contributed by atoms with E-state index in [1.165, 1.54) is 0 Å². The van der Waals surface area contributed by atoms with Gasteiger partial charge in [-0.3, -0.25) is 4.79 Å². The summed E-state index contributed by atoms with van der Waals surface area (Å²) in [6, 6.07) is 19.3. The molecule has 0 atom stereocenters. The minimum absolute atomic E-state index is 0.139. The van der Waals surface area contributed by atoms with Crippen molar-refractivity contribution < 1.29 is 14.3 Å². The molecule has 0 aromatic heterocycles. The number of rotatable bonds is 6. The first-order valence-electron chi connectivity index (χ1n) is 7.93. The van der Waals surface area contributed by atoms with Gasteiger partial charge in [0.05, 0.1) is 17.8 Å². The molecule has 0 heterocycles. The van der Waals surface area contributed by atoms with E-state index in [9.17, 15) is 4.79 Å². The lowest BCUT2D eigenvalue weighted by molar-refractivity contribution is -0.123. The summed E-state index contributed by atoms with van der Waals surface area (Å²) in [5.41, 5.74) is 3.36. The maximum absolute atomic E-state index is 11.9. The van der Waals surface area contributed by atoms with E-state index in [0.717, 1.165) is 16.3 Å². The number of methoxy groups -OCH3 is 1. The van der Waals surface area contributed by atoms with Crippen molar-refractivity contribution in [2.75, 3.05) is 13.7 Å². The normalized spacial score (nSPS) is 10.8. The zero-order valence-corrected chi connectivity index (χ0v) is 15.7. The quantitative estimate of drug-likeness (QED) is 0.488. The molecule has 6 heteroatoms. The number of hydrogen-bond donors (Lipinski definition) is 1. The average Bonchev–Trinajstić information content (AvgIpc) is 2.67. The summed E-state index contributed by atoms with van der Waals surface area (Å²) in [4.78, 5) is 11.9. The first-order valence-corrected chi connectivity index (χ1v) is 8.72. The molecule has 26 heavy (non-hydrogen) atoms. The fraction of sp³-hybridized carbons (Fsp3) is 0.100. The van der Waals surface area contributed by atoms with Crippen molar-refractivity contribution in [2.45, 2.75) is 0 Å². The summed E-state index contributed by atoms with van der Waals surface area (Å²) in [5, 5.41) is 6.25. The zero-order valence-electron chi connectivity index (χ0n) is 14.1. The second kappa shape index (κ2) is 8.49. The SMILES string of the molecule is COc1ccc(OCC(=O)NN=Cc2ccc3ccccc3c2)c(Br)c1. The van der Waals surface area contributed by atoms with E-state index in [0.29, 0.717) is 16.0 Å². The lowest BCUT2D eigenvalue weighted by Gasteiger charge is -2.08. The fourth-order valence-electron chi connectivity index (χ4n) is 2.37. The van der Waals surface area contributed by atoms with E-state index in [2.05, 4.69) is 26.5 Å². The summed E-state index contributed by atoms with van der Waals surface area (Å²) < 4.78 is 11.3. The number of carbonyl (C=O) groups is 1. The molecule has 0 aliphatic carbocycles. The van der Waals surface area contributed by atoms with E-state index < -0.39 is 0 Å². The molecule has 3 rings (SSSR count). The first-order chi connectivity index (χ1) is 12.7. The lowest BCUT2D eigenvalue weighted by atomic mass is 10.1. The Kier molecular flexibility index (Phi) is 5.86. The Morgan fingerprint density at radius 2 is 1.92 bits per heavy atom. The van der Waals surface area contributed by atoms with Crippen LogP contribution in [0.4, 0.5) is 0 Å². The number of nitrogens with zero attached hydrogens (tertiary/aromatic N) is 1. The molecule has 0 saturated heterocycles. The van der Waals surface area contributed by atoms with Crippen LogP contribution < -0.4 is 14.9 Å². The fourth-order valence-corrected chi connectivity index (χ4v) is 2.84. The standard InChI is InChI=1S/C20H17BrN2O3/c1-25-17-8-9-19(18(21)11-17)26-13-20(24)23-22-12-14-6-7-15-4-2-3-5-16(15)10-14/h2-12H,13H2,1H3,(H,23,24). The smallest absolute Gasteiger partial charge is 0.277 e. The van der Waals surface area contributed by atoms with Crippen LogP contribution in [0.25, 0.3) is 10.8 Å². The average molecular weight is 413 g/mol. The van der Waals surface area contributed by atoms with Gasteiger partial charge in [-0.05, 0) is 56.5 Å². The Hall–Kier alpha value is -2.86. The highest BCUT2D eigenvalue weighted by molar-refractivity contribution is 9.10. The van der Waals surface area contributed by atoms with Crippen molar-refractivity contribution in [3.8, 4) is 11.5 Å². The second-order valence-corrected chi connectivity index (χ2v) is 6.34. The van der Waals surface area contributed by atoms with E-state index in [1.807, 2.05) is 42.5 Å². The van der Waals surface area contributed by atoms with E-state index in [-0.39, 0.29) is 12.5 Å². The highest BCUT2D eigenvalue weighted by Gasteiger charge is 2.06. The van der Waals surface area contributed by atoms with Gasteiger partial charge in [0, 0.05) is 0 Å². The molecule has 0 saturated carbocycles. The molecule has 3 aromatic carbocycles. The van der Waals surface area contributed by atoms with Crippen LogP contribution in [0.5, 0.6) is 11.5 Å². The molecule has 1 N–H and O–H groups in total. The summed E-state index contributed by atoms with van der Waals surface area (Å²) in [5.74, 6) is 0.915. The Labute approximate surface area is 159 Å². The Morgan fingerprint density at radius 1 is 1.12 bits per heavy atom. The summed E-state index contributed by atoms with van der Waals surface area (Å²) in [6.45, 7) is -0.139. The molecular formula is C20H17BrN2O3. The number of benzene rings is 3. The number of halogens is 1. The van der Waals surface area contributed by atoms with Crippen LogP contribution >= 0.6 is 15.9 Å². The molecule has 0 fully saturated rings. The Balaban J connectivity index is 1.54. The third-order valence-electron chi connectivity index (χ3n) is 3.67. The van der Waals surface area contributed by atoms with Gasteiger partial charge < -0.3 is 9.47 Å². The minimum atomic E-state index is -0.343. The third-order valence-corrected chi connectivity index (χ3v) is 4.29. The van der Waals surface area contributed by atoms with Crippen molar-refractivity contribution in [1.82, 2.24) is 5.43 Å². The van der Waals surface area contributed by atoms with Crippen LogP contribution in [0.1, 0.15) is 5.56 Å². The van der Waals surface area contributed by atoms with Crippen LogP contribution in [-0.4, -0.2) is 25.8 Å². The van der Waals surface area contributed by atoms with Crippen molar-refractivity contribution in [3.63, 3.8) is 0 Å². The van der Waals surface area contributed by atoms with E-state index in [4.69, 9.17) is 9.47 Å². The third kappa shape index (κ3) is 4.61. The molecular weight excluding hydrogens is 396 g/mol. The van der Waals surface area contributed by atoms with Gasteiger partial charge in [-0.15, -0.1) is 0 Å². The predicted octanol–water partition coefficient (Wildman–Crippen LogP) is 4.14. The number of hydrazone groups is 1. The van der Waals surface area contributed by atoms with Gasteiger partial charge in [0.25, 0.3) is 5.91 Å². The zero-order chi connectivity index (χ0) is 18.4. The molecule has 0 radical (unpaired) electrons. The number of fused-ring (bicyclic) bond motifs is 1. The van der Waals surface area contributed by atoms with Gasteiger partial charge in [0.15, 0.2) is 6.61 Å². The number of nitrogens with one attached hydrogen (secondary N) is 1. The Morgan fingerprint density at radius 3 is 2.69 bits per heavy atom. The number of amides is 1. The van der Waals surface area contributed by atoms with E-state index in [1.54, 1.807) is 31.5 Å². The number of ether oxygens (including phenoxy) is 2. The minimum Gasteiger partial charge on any atom is -0.497 e. The van der Waals surface area contributed by atoms with Crippen LogP contribution in [0, 0.1) is 0 Å². The van der Waals surface area contributed by atoms with Gasteiger partial charge in [0.2, 0.25) is 0 Å². The van der Waals surface area contributed by atoms with Crippen LogP contribution in [-0.2, 0) is 4.79 Å². The highest BCUT2D eigenvalue weighted by atomic mass is 79.9. The van der Waals surface area contributed by atoms with Gasteiger partial charge in [-0.1, -0.05) is 36.4 Å². The molecule has 0 bridgehead atoms. The molecule has 0 aliphatic heterocycles. The molecule has 3 aromatic rings. The van der Waals surface area contributed by atoms with Crippen LogP contribution in [0.3, 0.4) is 0 Å². The van der Waals surface area contributed by atoms with Crippen LogP contribution in [0.2, 0.25) is 0 Å². The van der Waals surface area contributed by atoms with E-state index >= 15 is 0 Å². The van der Waals surface area contributed by atoms with Crippen molar-refractivity contribution in [2.24, 2.45) is 5.10 Å². The largest absolute Gasteiger partial charge is 0.497 e. The summed E-state index contributed by atoms with van der Waals surface area (Å²) in [6.07, 6.45) is 1.60. The summed E-state index contributed by atoms with van der Waals surface area (Å²) in [7, 11) is 1.59. The molecule has 132 valence electrons. The first kappa shape index (κ1) is 17.9. The lowest BCUT2D eigenvalue weighted by Crippen LogP contribution is -2.24.